The van der Waals surface area contributed by atoms with Gasteiger partial charge in [-0.15, -0.1) is 0 Å². The van der Waals surface area contributed by atoms with Crippen LogP contribution < -0.4 is 5.73 Å². The monoisotopic (exact) mass is 257 g/mol. The standard InChI is InChI=1S/C12H17F2N3O/c1-8-5-9(12(15)16-18)3-4-10(8)6-17(2)7-11(13)14/h3-5,11,18H,6-7H2,1-2H3,(H2,15,16). The molecule has 3 N–H and O–H groups in total. The Labute approximate surface area is 105 Å². The van der Waals surface area contributed by atoms with E-state index >= 15 is 0 Å². The second-order valence-corrected chi connectivity index (χ2v) is 4.21. The fraction of sp³-hybridized carbons (Fsp3) is 0.417. The molecule has 18 heavy (non-hydrogen) atoms. The first kappa shape index (κ1) is 14.4. The number of benzene rings is 1. The van der Waals surface area contributed by atoms with Gasteiger partial charge in [0.05, 0.1) is 6.54 Å². The number of alkyl halides is 2. The third-order valence-corrected chi connectivity index (χ3v) is 2.64. The topological polar surface area (TPSA) is 61.9 Å². The van der Waals surface area contributed by atoms with Gasteiger partial charge in [0.1, 0.15) is 0 Å². The van der Waals surface area contributed by atoms with Crippen LogP contribution >= 0.6 is 0 Å². The van der Waals surface area contributed by atoms with Gasteiger partial charge in [-0.25, -0.2) is 8.78 Å². The van der Waals surface area contributed by atoms with Gasteiger partial charge in [-0.2, -0.15) is 0 Å². The zero-order valence-corrected chi connectivity index (χ0v) is 10.4. The summed E-state index contributed by atoms with van der Waals surface area (Å²) in [7, 11) is 1.64. The molecule has 1 aromatic rings. The van der Waals surface area contributed by atoms with Crippen molar-refractivity contribution in [2.75, 3.05) is 13.6 Å². The van der Waals surface area contributed by atoms with Crippen LogP contribution in [0.25, 0.3) is 0 Å². The van der Waals surface area contributed by atoms with Crippen molar-refractivity contribution < 1.29 is 14.0 Å². The maximum Gasteiger partial charge on any atom is 0.251 e. The first-order valence-electron chi connectivity index (χ1n) is 5.48. The van der Waals surface area contributed by atoms with Gasteiger partial charge in [-0.3, -0.25) is 4.90 Å². The number of amidine groups is 1. The van der Waals surface area contributed by atoms with Crippen LogP contribution in [0.3, 0.4) is 0 Å². The normalized spacial score (nSPS) is 12.4. The Hall–Kier alpha value is -1.69. The highest BCUT2D eigenvalue weighted by atomic mass is 19.3. The maximum atomic E-state index is 12.2. The van der Waals surface area contributed by atoms with Crippen molar-refractivity contribution in [2.24, 2.45) is 10.9 Å². The van der Waals surface area contributed by atoms with Crippen molar-refractivity contribution in [3.05, 3.63) is 34.9 Å². The minimum atomic E-state index is -2.34. The summed E-state index contributed by atoms with van der Waals surface area (Å²) in [5.74, 6) is 0.0329. The molecule has 1 aromatic carbocycles. The zero-order chi connectivity index (χ0) is 13.7. The number of oxime groups is 1. The quantitative estimate of drug-likeness (QED) is 0.366. The van der Waals surface area contributed by atoms with Gasteiger partial charge in [0.2, 0.25) is 0 Å². The van der Waals surface area contributed by atoms with Crippen molar-refractivity contribution in [3.63, 3.8) is 0 Å². The highest BCUT2D eigenvalue weighted by Crippen LogP contribution is 2.13. The van der Waals surface area contributed by atoms with Gasteiger partial charge >= 0.3 is 0 Å². The second kappa shape index (κ2) is 6.30. The number of hydrogen-bond donors (Lipinski definition) is 2. The molecule has 0 radical (unpaired) electrons. The number of aryl methyl sites for hydroxylation is 1. The zero-order valence-electron chi connectivity index (χ0n) is 10.4. The predicted molar refractivity (Wildman–Crippen MR) is 66.0 cm³/mol. The molecule has 0 aromatic heterocycles. The van der Waals surface area contributed by atoms with Crippen molar-refractivity contribution in [3.8, 4) is 0 Å². The summed E-state index contributed by atoms with van der Waals surface area (Å²) in [6.07, 6.45) is -2.34. The first-order valence-corrected chi connectivity index (χ1v) is 5.48. The summed E-state index contributed by atoms with van der Waals surface area (Å²) in [5, 5.41) is 11.5. The molecule has 0 aliphatic rings. The number of hydrogen-bond acceptors (Lipinski definition) is 3. The summed E-state index contributed by atoms with van der Waals surface area (Å²) in [4.78, 5) is 1.55. The molecule has 0 atom stereocenters. The maximum absolute atomic E-state index is 12.2. The van der Waals surface area contributed by atoms with Crippen molar-refractivity contribution in [1.82, 2.24) is 4.90 Å². The van der Waals surface area contributed by atoms with E-state index in [1.165, 1.54) is 0 Å². The van der Waals surface area contributed by atoms with E-state index in [0.29, 0.717) is 12.1 Å². The smallest absolute Gasteiger partial charge is 0.251 e. The summed E-state index contributed by atoms with van der Waals surface area (Å²) in [6.45, 7) is 2.04. The molecule has 1 rings (SSSR count). The minimum absolute atomic E-state index is 0.0329. The van der Waals surface area contributed by atoms with Crippen LogP contribution in [0.2, 0.25) is 0 Å². The summed E-state index contributed by atoms with van der Waals surface area (Å²) < 4.78 is 24.4. The van der Waals surface area contributed by atoms with Crippen molar-refractivity contribution in [1.29, 1.82) is 0 Å². The Kier molecular flexibility index (Phi) is 5.03. The van der Waals surface area contributed by atoms with Crippen LogP contribution in [0.5, 0.6) is 0 Å². The molecule has 0 spiro atoms. The van der Waals surface area contributed by atoms with E-state index < -0.39 is 6.43 Å². The molecule has 0 saturated heterocycles. The van der Waals surface area contributed by atoms with Crippen LogP contribution in [0.1, 0.15) is 16.7 Å². The van der Waals surface area contributed by atoms with Gasteiger partial charge < -0.3 is 10.9 Å². The average molecular weight is 257 g/mol. The minimum Gasteiger partial charge on any atom is -0.409 e. The fourth-order valence-electron chi connectivity index (χ4n) is 1.68. The van der Waals surface area contributed by atoms with E-state index in [1.54, 1.807) is 30.1 Å². The molecule has 0 amide bonds. The Bertz CT molecular complexity index is 435. The van der Waals surface area contributed by atoms with Crippen LogP contribution in [-0.4, -0.2) is 36.0 Å². The lowest BCUT2D eigenvalue weighted by Gasteiger charge is -2.17. The van der Waals surface area contributed by atoms with Gasteiger partial charge in [0, 0.05) is 12.1 Å². The third kappa shape index (κ3) is 3.96. The van der Waals surface area contributed by atoms with E-state index in [0.717, 1.165) is 11.1 Å². The van der Waals surface area contributed by atoms with Gasteiger partial charge in [0.15, 0.2) is 5.84 Å². The lowest BCUT2D eigenvalue weighted by molar-refractivity contribution is 0.0975. The van der Waals surface area contributed by atoms with E-state index in [1.807, 2.05) is 6.92 Å². The van der Waals surface area contributed by atoms with E-state index in [2.05, 4.69) is 5.16 Å². The van der Waals surface area contributed by atoms with E-state index in [-0.39, 0.29) is 12.4 Å². The van der Waals surface area contributed by atoms with E-state index in [9.17, 15) is 8.78 Å². The largest absolute Gasteiger partial charge is 0.409 e. The number of nitrogens with zero attached hydrogens (tertiary/aromatic N) is 2. The van der Waals surface area contributed by atoms with Gasteiger partial charge in [-0.05, 0) is 31.2 Å². The lowest BCUT2D eigenvalue weighted by Crippen LogP contribution is -2.24. The van der Waals surface area contributed by atoms with E-state index in [4.69, 9.17) is 10.9 Å². The fourth-order valence-corrected chi connectivity index (χ4v) is 1.68. The van der Waals surface area contributed by atoms with Crippen LogP contribution in [0.4, 0.5) is 8.78 Å². The molecule has 100 valence electrons. The highest BCUT2D eigenvalue weighted by molar-refractivity contribution is 5.97. The molecule has 0 bridgehead atoms. The summed E-state index contributed by atoms with van der Waals surface area (Å²) >= 11 is 0. The van der Waals surface area contributed by atoms with Gasteiger partial charge in [0.25, 0.3) is 6.43 Å². The molecule has 0 saturated carbocycles. The molecular formula is C12H17F2N3O. The molecule has 0 aliphatic heterocycles. The summed E-state index contributed by atoms with van der Waals surface area (Å²) in [5.41, 5.74) is 7.93. The van der Waals surface area contributed by atoms with Crippen molar-refractivity contribution in [2.45, 2.75) is 19.9 Å². The van der Waals surface area contributed by atoms with Gasteiger partial charge in [-0.1, -0.05) is 17.3 Å². The third-order valence-electron chi connectivity index (χ3n) is 2.64. The first-order chi connectivity index (χ1) is 8.43. The second-order valence-electron chi connectivity index (χ2n) is 4.21. The van der Waals surface area contributed by atoms with Crippen LogP contribution in [0, 0.1) is 6.92 Å². The lowest BCUT2D eigenvalue weighted by atomic mass is 10.0. The predicted octanol–water partition coefficient (Wildman–Crippen LogP) is 1.79. The average Bonchev–Trinajstić information content (AvgIpc) is 2.29. The van der Waals surface area contributed by atoms with Crippen LogP contribution in [0.15, 0.2) is 23.4 Å². The van der Waals surface area contributed by atoms with Crippen LogP contribution in [-0.2, 0) is 6.54 Å². The molecule has 0 aliphatic carbocycles. The SMILES string of the molecule is Cc1cc(/C(N)=N/O)ccc1CN(C)CC(F)F. The summed E-state index contributed by atoms with van der Waals surface area (Å²) in [6, 6.07) is 5.26. The Morgan fingerprint density at radius 3 is 2.67 bits per heavy atom. The highest BCUT2D eigenvalue weighted by Gasteiger charge is 2.10. The number of halogens is 2. The number of nitrogens with two attached hydrogens (primary N) is 1. The Balaban J connectivity index is 2.80. The number of rotatable bonds is 5. The molecule has 0 unspecified atom stereocenters. The van der Waals surface area contributed by atoms with Crippen molar-refractivity contribution >= 4 is 5.84 Å². The Morgan fingerprint density at radius 1 is 1.50 bits per heavy atom. The molecule has 0 heterocycles. The molecule has 0 fully saturated rings. The molecule has 6 heteroatoms. The molecular weight excluding hydrogens is 240 g/mol. The Morgan fingerprint density at radius 2 is 2.17 bits per heavy atom. The molecule has 4 nitrogen and oxygen atoms in total.